The molecule has 0 heterocycles. The summed E-state index contributed by atoms with van der Waals surface area (Å²) in [5, 5.41) is 13.6. The normalized spacial score (nSPS) is 10.6. The van der Waals surface area contributed by atoms with Gasteiger partial charge < -0.3 is 14.6 Å². The smallest absolute Gasteiger partial charge is 0.271 e. The maximum Gasteiger partial charge on any atom is 0.271 e. The van der Waals surface area contributed by atoms with E-state index in [1.54, 1.807) is 24.3 Å². The van der Waals surface area contributed by atoms with Crippen molar-refractivity contribution in [3.63, 3.8) is 0 Å². The van der Waals surface area contributed by atoms with Crippen LogP contribution in [0.4, 0.5) is 0 Å². The molecule has 0 aliphatic rings. The summed E-state index contributed by atoms with van der Waals surface area (Å²) in [4.78, 5) is 11.9. The van der Waals surface area contributed by atoms with Crippen molar-refractivity contribution in [2.75, 3.05) is 13.7 Å². The molecule has 1 amide bonds. The lowest BCUT2D eigenvalue weighted by Crippen LogP contribution is -2.17. The molecule has 0 atom stereocenters. The van der Waals surface area contributed by atoms with Crippen LogP contribution < -0.4 is 14.9 Å². The van der Waals surface area contributed by atoms with Crippen LogP contribution in [-0.2, 0) is 0 Å². The fourth-order valence-electron chi connectivity index (χ4n) is 2.00. The number of amides is 1. The van der Waals surface area contributed by atoms with Crippen LogP contribution in [0.1, 0.15) is 22.8 Å². The van der Waals surface area contributed by atoms with E-state index < -0.39 is 5.91 Å². The lowest BCUT2D eigenvalue weighted by molar-refractivity contribution is 0.0954. The largest absolute Gasteiger partial charge is 0.508 e. The third-order valence-corrected chi connectivity index (χ3v) is 3.30. The van der Waals surface area contributed by atoms with Crippen molar-refractivity contribution in [1.29, 1.82) is 0 Å². The highest BCUT2D eigenvalue weighted by atomic mass is 35.5. The lowest BCUT2D eigenvalue weighted by Gasteiger charge is -2.11. The van der Waals surface area contributed by atoms with E-state index >= 15 is 0 Å². The molecule has 0 fully saturated rings. The molecule has 0 spiro atoms. The number of aromatic hydroxyl groups is 1. The Balaban J connectivity index is 2.12. The fraction of sp³-hybridized carbons (Fsp3) is 0.176. The molecule has 0 aromatic heterocycles. The molecule has 0 bridgehead atoms. The number of benzene rings is 2. The topological polar surface area (TPSA) is 80.2 Å². The van der Waals surface area contributed by atoms with Gasteiger partial charge in [-0.15, -0.1) is 0 Å². The molecule has 126 valence electrons. The van der Waals surface area contributed by atoms with Gasteiger partial charge in [0, 0.05) is 5.56 Å². The van der Waals surface area contributed by atoms with E-state index in [1.165, 1.54) is 25.5 Å². The van der Waals surface area contributed by atoms with Crippen LogP contribution in [0.25, 0.3) is 0 Å². The predicted octanol–water partition coefficient (Wildman–Crippen LogP) is 3.22. The van der Waals surface area contributed by atoms with E-state index in [4.69, 9.17) is 21.1 Å². The predicted molar refractivity (Wildman–Crippen MR) is 92.3 cm³/mol. The molecule has 2 N–H and O–H groups in total. The molecular weight excluding hydrogens is 332 g/mol. The van der Waals surface area contributed by atoms with Gasteiger partial charge in [-0.25, -0.2) is 5.43 Å². The number of rotatable bonds is 6. The van der Waals surface area contributed by atoms with Crippen LogP contribution in [0.15, 0.2) is 41.5 Å². The molecule has 0 radical (unpaired) electrons. The second-order valence-corrected chi connectivity index (χ2v) is 5.12. The SMILES string of the molecule is CCOc1cc(/C=N\NC(=O)c2cccc(O)c2)cc(Cl)c1OC. The molecule has 2 aromatic carbocycles. The number of hydrogen-bond acceptors (Lipinski definition) is 5. The number of nitrogens with one attached hydrogen (secondary N) is 1. The summed E-state index contributed by atoms with van der Waals surface area (Å²) in [6, 6.07) is 9.33. The highest BCUT2D eigenvalue weighted by Crippen LogP contribution is 2.35. The molecule has 24 heavy (non-hydrogen) atoms. The molecule has 0 aliphatic carbocycles. The van der Waals surface area contributed by atoms with Gasteiger partial charge in [0.1, 0.15) is 5.75 Å². The number of ether oxygens (including phenoxy) is 2. The zero-order chi connectivity index (χ0) is 17.5. The summed E-state index contributed by atoms with van der Waals surface area (Å²) >= 11 is 6.14. The van der Waals surface area contributed by atoms with Crippen molar-refractivity contribution in [2.24, 2.45) is 5.10 Å². The summed E-state index contributed by atoms with van der Waals surface area (Å²) in [5.41, 5.74) is 3.32. The molecular formula is C17H17ClN2O4. The van der Waals surface area contributed by atoms with Crippen LogP contribution in [0.3, 0.4) is 0 Å². The van der Waals surface area contributed by atoms with Gasteiger partial charge in [0.05, 0.1) is 25.0 Å². The van der Waals surface area contributed by atoms with Crippen molar-refractivity contribution in [3.05, 3.63) is 52.5 Å². The van der Waals surface area contributed by atoms with Crippen molar-refractivity contribution >= 4 is 23.7 Å². The Morgan fingerprint density at radius 2 is 2.17 bits per heavy atom. The Hall–Kier alpha value is -2.73. The van der Waals surface area contributed by atoms with E-state index in [2.05, 4.69) is 10.5 Å². The first-order valence-corrected chi connectivity index (χ1v) is 7.55. The van der Waals surface area contributed by atoms with Gasteiger partial charge in [0.2, 0.25) is 0 Å². The van der Waals surface area contributed by atoms with Crippen LogP contribution in [0.2, 0.25) is 5.02 Å². The van der Waals surface area contributed by atoms with Crippen LogP contribution in [0, 0.1) is 0 Å². The van der Waals surface area contributed by atoms with E-state index in [1.807, 2.05) is 6.92 Å². The Morgan fingerprint density at radius 3 is 2.83 bits per heavy atom. The molecule has 0 aliphatic heterocycles. The maximum atomic E-state index is 11.9. The second kappa shape index (κ2) is 8.21. The molecule has 2 aromatic rings. The Morgan fingerprint density at radius 1 is 1.38 bits per heavy atom. The van der Waals surface area contributed by atoms with Crippen molar-refractivity contribution in [3.8, 4) is 17.2 Å². The van der Waals surface area contributed by atoms with Crippen molar-refractivity contribution < 1.29 is 19.4 Å². The Labute approximate surface area is 144 Å². The maximum absolute atomic E-state index is 11.9. The van der Waals surface area contributed by atoms with Crippen LogP contribution in [-0.4, -0.2) is 30.9 Å². The minimum absolute atomic E-state index is 0.00919. The first-order chi connectivity index (χ1) is 11.5. The van der Waals surface area contributed by atoms with E-state index in [0.29, 0.717) is 34.3 Å². The molecule has 0 unspecified atom stereocenters. The minimum Gasteiger partial charge on any atom is -0.508 e. The molecule has 0 saturated carbocycles. The quantitative estimate of drug-likeness (QED) is 0.620. The molecule has 6 nitrogen and oxygen atoms in total. The molecule has 7 heteroatoms. The van der Waals surface area contributed by atoms with E-state index in [9.17, 15) is 9.90 Å². The number of phenolic OH excluding ortho intramolecular Hbond substituents is 1. The number of carbonyl (C=O) groups excluding carboxylic acids is 1. The summed E-state index contributed by atoms with van der Waals surface area (Å²) in [6.45, 7) is 2.31. The van der Waals surface area contributed by atoms with Gasteiger partial charge in [0.25, 0.3) is 5.91 Å². The average molecular weight is 349 g/mol. The number of nitrogens with zero attached hydrogens (tertiary/aromatic N) is 1. The number of halogens is 1. The summed E-state index contributed by atoms with van der Waals surface area (Å²) in [7, 11) is 1.51. The fourth-order valence-corrected chi connectivity index (χ4v) is 2.30. The summed E-state index contributed by atoms with van der Waals surface area (Å²) in [6.07, 6.45) is 1.44. The van der Waals surface area contributed by atoms with Crippen LogP contribution >= 0.6 is 11.6 Å². The Bertz CT molecular complexity index is 762. The monoisotopic (exact) mass is 348 g/mol. The minimum atomic E-state index is -0.438. The number of methoxy groups -OCH3 is 1. The van der Waals surface area contributed by atoms with Gasteiger partial charge in [-0.2, -0.15) is 5.10 Å². The summed E-state index contributed by atoms with van der Waals surface area (Å²) < 4.78 is 10.7. The third-order valence-electron chi connectivity index (χ3n) is 3.02. The number of phenols is 1. The van der Waals surface area contributed by atoms with Gasteiger partial charge in [-0.3, -0.25) is 4.79 Å². The first-order valence-electron chi connectivity index (χ1n) is 7.18. The van der Waals surface area contributed by atoms with Crippen molar-refractivity contribution in [1.82, 2.24) is 5.43 Å². The van der Waals surface area contributed by atoms with Crippen molar-refractivity contribution in [2.45, 2.75) is 6.92 Å². The van der Waals surface area contributed by atoms with Crippen LogP contribution in [0.5, 0.6) is 17.2 Å². The number of carbonyl (C=O) groups is 1. The standard InChI is InChI=1S/C17H17ClN2O4/c1-3-24-15-8-11(7-14(18)16(15)23-2)10-19-20-17(22)12-5-4-6-13(21)9-12/h4-10,21H,3H2,1-2H3,(H,20,22)/b19-10-. The van der Waals surface area contributed by atoms with Gasteiger partial charge in [0.15, 0.2) is 11.5 Å². The first kappa shape index (κ1) is 17.6. The zero-order valence-electron chi connectivity index (χ0n) is 13.2. The average Bonchev–Trinajstić information content (AvgIpc) is 2.55. The lowest BCUT2D eigenvalue weighted by atomic mass is 10.2. The van der Waals surface area contributed by atoms with Gasteiger partial charge in [-0.1, -0.05) is 17.7 Å². The van der Waals surface area contributed by atoms with E-state index in [-0.39, 0.29) is 5.75 Å². The van der Waals surface area contributed by atoms with Gasteiger partial charge >= 0.3 is 0 Å². The summed E-state index contributed by atoms with van der Waals surface area (Å²) in [5.74, 6) is 0.509. The Kier molecular flexibility index (Phi) is 6.03. The third kappa shape index (κ3) is 4.39. The second-order valence-electron chi connectivity index (χ2n) is 4.72. The van der Waals surface area contributed by atoms with E-state index in [0.717, 1.165) is 0 Å². The molecule has 2 rings (SSSR count). The number of hydrazone groups is 1. The number of hydrogen-bond donors (Lipinski definition) is 2. The highest BCUT2D eigenvalue weighted by molar-refractivity contribution is 6.32. The highest BCUT2D eigenvalue weighted by Gasteiger charge is 2.11. The van der Waals surface area contributed by atoms with Gasteiger partial charge in [-0.05, 0) is 42.8 Å². The zero-order valence-corrected chi connectivity index (χ0v) is 14.0. The molecule has 0 saturated heterocycles.